The third kappa shape index (κ3) is 5.83. The Morgan fingerprint density at radius 2 is 1.73 bits per heavy atom. The van der Waals surface area contributed by atoms with Gasteiger partial charge in [0.25, 0.3) is 0 Å². The second kappa shape index (κ2) is 10.1. The lowest BCUT2D eigenvalue weighted by atomic mass is 10.1. The van der Waals surface area contributed by atoms with E-state index < -0.39 is 16.1 Å². The molecule has 2 aromatic rings. The van der Waals surface area contributed by atoms with Gasteiger partial charge in [-0.05, 0) is 55.6 Å². The summed E-state index contributed by atoms with van der Waals surface area (Å²) in [5.41, 5.74) is 2.74. The second-order valence-electron chi connectivity index (χ2n) is 7.84. The number of anilines is 1. The zero-order valence-electron chi connectivity index (χ0n) is 17.8. The van der Waals surface area contributed by atoms with Crippen molar-refractivity contribution in [3.8, 4) is 0 Å². The van der Waals surface area contributed by atoms with Gasteiger partial charge >= 0.3 is 0 Å². The predicted molar refractivity (Wildman–Crippen MR) is 121 cm³/mol. The number of likely N-dealkylation sites (tertiary alicyclic amines) is 1. The molecule has 0 aromatic heterocycles. The Balaban J connectivity index is 1.69. The summed E-state index contributed by atoms with van der Waals surface area (Å²) in [6, 6.07) is 16.2. The van der Waals surface area contributed by atoms with Crippen LogP contribution in [0.25, 0.3) is 0 Å². The molecule has 30 heavy (non-hydrogen) atoms. The fourth-order valence-corrected chi connectivity index (χ4v) is 5.19. The zero-order chi connectivity index (χ0) is 21.6. The molecule has 2 aromatic carbocycles. The first kappa shape index (κ1) is 22.3. The van der Waals surface area contributed by atoms with E-state index in [4.69, 9.17) is 0 Å². The number of benzene rings is 2. The largest absolute Gasteiger partial charge is 0.350 e. The number of carbonyl (C=O) groups is 1. The van der Waals surface area contributed by atoms with Crippen molar-refractivity contribution >= 4 is 21.6 Å². The highest BCUT2D eigenvalue weighted by Gasteiger charge is 2.31. The van der Waals surface area contributed by atoms with E-state index in [0.29, 0.717) is 18.7 Å². The first-order valence-corrected chi connectivity index (χ1v) is 12.4. The van der Waals surface area contributed by atoms with Crippen molar-refractivity contribution in [2.45, 2.75) is 45.3 Å². The fraction of sp³-hybridized carbons (Fsp3) is 0.435. The van der Waals surface area contributed by atoms with Crippen LogP contribution in [0.3, 0.4) is 0 Å². The van der Waals surface area contributed by atoms with Gasteiger partial charge in [-0.25, -0.2) is 8.42 Å². The Kier molecular flexibility index (Phi) is 7.50. The molecule has 162 valence electrons. The molecule has 1 amide bonds. The van der Waals surface area contributed by atoms with Crippen molar-refractivity contribution < 1.29 is 13.2 Å². The Morgan fingerprint density at radius 3 is 2.37 bits per heavy atom. The maximum Gasteiger partial charge on any atom is 0.244 e. The first-order valence-electron chi connectivity index (χ1n) is 10.5. The lowest BCUT2D eigenvalue weighted by Crippen LogP contribution is -2.49. The molecule has 7 heteroatoms. The van der Waals surface area contributed by atoms with Gasteiger partial charge in [0.15, 0.2) is 0 Å². The molecule has 1 aliphatic heterocycles. The van der Waals surface area contributed by atoms with E-state index in [-0.39, 0.29) is 5.91 Å². The molecule has 0 aliphatic carbocycles. The van der Waals surface area contributed by atoms with Gasteiger partial charge in [-0.15, -0.1) is 0 Å². The van der Waals surface area contributed by atoms with Crippen molar-refractivity contribution in [3.63, 3.8) is 0 Å². The van der Waals surface area contributed by atoms with Gasteiger partial charge < -0.3 is 5.32 Å². The van der Waals surface area contributed by atoms with E-state index in [1.54, 1.807) is 24.3 Å². The molecular weight excluding hydrogens is 398 g/mol. The number of nitrogens with zero attached hydrogens (tertiary/aromatic N) is 2. The van der Waals surface area contributed by atoms with Crippen LogP contribution in [-0.2, 0) is 27.9 Å². The van der Waals surface area contributed by atoms with Gasteiger partial charge in [-0.3, -0.25) is 14.0 Å². The molecule has 0 bridgehead atoms. The minimum absolute atomic E-state index is 0.295. The summed E-state index contributed by atoms with van der Waals surface area (Å²) in [5.74, 6) is -0.295. The van der Waals surface area contributed by atoms with Crippen molar-refractivity contribution in [2.75, 3.05) is 23.7 Å². The summed E-state index contributed by atoms with van der Waals surface area (Å²) in [6.07, 6.45) is 4.03. The molecule has 1 atom stereocenters. The minimum Gasteiger partial charge on any atom is -0.350 e. The van der Waals surface area contributed by atoms with Gasteiger partial charge in [-0.2, -0.15) is 0 Å². The SMILES string of the molecule is CCC(C(=O)NCc1cccc(CN2CCCC2)c1)N(c1ccccc1)S(C)(=O)=O. The van der Waals surface area contributed by atoms with Crippen LogP contribution in [0.5, 0.6) is 0 Å². The number of nitrogens with one attached hydrogen (secondary N) is 1. The van der Waals surface area contributed by atoms with Crippen LogP contribution in [0.15, 0.2) is 54.6 Å². The lowest BCUT2D eigenvalue weighted by Gasteiger charge is -2.30. The highest BCUT2D eigenvalue weighted by molar-refractivity contribution is 7.92. The van der Waals surface area contributed by atoms with Crippen molar-refractivity contribution in [1.82, 2.24) is 10.2 Å². The number of hydrogen-bond donors (Lipinski definition) is 1. The summed E-state index contributed by atoms with van der Waals surface area (Å²) in [6.45, 7) is 5.40. The molecule has 1 unspecified atom stereocenters. The van der Waals surface area contributed by atoms with E-state index in [1.807, 2.05) is 25.1 Å². The Morgan fingerprint density at radius 1 is 1.07 bits per heavy atom. The molecule has 1 N–H and O–H groups in total. The quantitative estimate of drug-likeness (QED) is 0.665. The first-order chi connectivity index (χ1) is 14.4. The third-order valence-electron chi connectivity index (χ3n) is 5.40. The summed E-state index contributed by atoms with van der Waals surface area (Å²) in [7, 11) is -3.61. The highest BCUT2D eigenvalue weighted by atomic mass is 32.2. The normalized spacial score (nSPS) is 15.7. The van der Waals surface area contributed by atoms with Crippen LogP contribution in [0.4, 0.5) is 5.69 Å². The van der Waals surface area contributed by atoms with Crippen LogP contribution in [0.1, 0.15) is 37.3 Å². The van der Waals surface area contributed by atoms with Crippen LogP contribution < -0.4 is 9.62 Å². The molecule has 0 spiro atoms. The molecule has 0 saturated carbocycles. The third-order valence-corrected chi connectivity index (χ3v) is 6.58. The topological polar surface area (TPSA) is 69.7 Å². The van der Waals surface area contributed by atoms with Crippen LogP contribution in [0, 0.1) is 0 Å². The van der Waals surface area contributed by atoms with Crippen LogP contribution in [0.2, 0.25) is 0 Å². The fourth-order valence-electron chi connectivity index (χ4n) is 3.98. The summed E-state index contributed by atoms with van der Waals surface area (Å²) in [4.78, 5) is 15.4. The standard InChI is InChI=1S/C23H31N3O3S/c1-3-22(26(30(2,28)29)21-12-5-4-6-13-21)23(27)24-17-19-10-9-11-20(16-19)18-25-14-7-8-15-25/h4-6,9-13,16,22H,3,7-8,14-15,17-18H2,1-2H3,(H,24,27). The maximum atomic E-state index is 12.9. The van der Waals surface area contributed by atoms with Crippen molar-refractivity contribution in [3.05, 3.63) is 65.7 Å². The van der Waals surface area contributed by atoms with E-state index >= 15 is 0 Å². The predicted octanol–water partition coefficient (Wildman–Crippen LogP) is 3.14. The highest BCUT2D eigenvalue weighted by Crippen LogP contribution is 2.22. The maximum absolute atomic E-state index is 12.9. The number of para-hydroxylation sites is 1. The molecule has 6 nitrogen and oxygen atoms in total. The van der Waals surface area contributed by atoms with Gasteiger partial charge in [0.05, 0.1) is 11.9 Å². The molecule has 1 aliphatic rings. The summed E-state index contributed by atoms with van der Waals surface area (Å²) >= 11 is 0. The molecule has 3 rings (SSSR count). The smallest absolute Gasteiger partial charge is 0.244 e. The molecular formula is C23H31N3O3S. The lowest BCUT2D eigenvalue weighted by molar-refractivity contribution is -0.122. The van der Waals surface area contributed by atoms with Crippen LogP contribution >= 0.6 is 0 Å². The van der Waals surface area contributed by atoms with Gasteiger partial charge in [0.2, 0.25) is 15.9 Å². The van der Waals surface area contributed by atoms with Crippen molar-refractivity contribution in [2.24, 2.45) is 0 Å². The monoisotopic (exact) mass is 429 g/mol. The minimum atomic E-state index is -3.61. The van der Waals surface area contributed by atoms with Crippen molar-refractivity contribution in [1.29, 1.82) is 0 Å². The Hall–Kier alpha value is -2.38. The number of rotatable bonds is 9. The zero-order valence-corrected chi connectivity index (χ0v) is 18.6. The Bertz CT molecular complexity index is 941. The Labute approximate surface area is 179 Å². The molecule has 1 saturated heterocycles. The second-order valence-corrected chi connectivity index (χ2v) is 9.70. The average Bonchev–Trinajstić information content (AvgIpc) is 3.23. The molecule has 1 fully saturated rings. The molecule has 0 radical (unpaired) electrons. The van der Waals surface area contributed by atoms with Gasteiger partial charge in [0, 0.05) is 13.1 Å². The average molecular weight is 430 g/mol. The summed E-state index contributed by atoms with van der Waals surface area (Å²) in [5, 5.41) is 2.93. The van der Waals surface area contributed by atoms with Gasteiger partial charge in [0.1, 0.15) is 6.04 Å². The van der Waals surface area contributed by atoms with E-state index in [9.17, 15) is 13.2 Å². The number of amides is 1. The van der Waals surface area contributed by atoms with Crippen LogP contribution in [-0.4, -0.2) is 44.6 Å². The van der Waals surface area contributed by atoms with E-state index in [1.165, 1.54) is 22.7 Å². The number of carbonyl (C=O) groups excluding carboxylic acids is 1. The number of hydrogen-bond acceptors (Lipinski definition) is 4. The van der Waals surface area contributed by atoms with Gasteiger partial charge in [-0.1, -0.05) is 49.4 Å². The van der Waals surface area contributed by atoms with E-state index in [0.717, 1.165) is 31.5 Å². The molecule has 1 heterocycles. The number of sulfonamides is 1. The van der Waals surface area contributed by atoms with E-state index in [2.05, 4.69) is 22.3 Å². The summed E-state index contributed by atoms with van der Waals surface area (Å²) < 4.78 is 26.1.